The van der Waals surface area contributed by atoms with Gasteiger partial charge >= 0.3 is 6.03 Å². The average molecular weight is 342 g/mol. The number of pyridine rings is 1. The minimum Gasteiger partial charge on any atom is -0.308 e. The molecular weight excluding hydrogens is 319 g/mol. The number of urea groups is 1. The van der Waals surface area contributed by atoms with Crippen molar-refractivity contribution in [3.63, 3.8) is 0 Å². The van der Waals surface area contributed by atoms with Gasteiger partial charge in [0.1, 0.15) is 5.82 Å². The van der Waals surface area contributed by atoms with Crippen molar-refractivity contribution < 1.29 is 9.18 Å². The first-order valence-corrected chi connectivity index (χ1v) is 8.61. The number of aryl methyl sites for hydroxylation is 1. The van der Waals surface area contributed by atoms with Crippen LogP contribution in [0.4, 0.5) is 20.6 Å². The van der Waals surface area contributed by atoms with E-state index in [0.29, 0.717) is 17.9 Å². The van der Waals surface area contributed by atoms with E-state index in [4.69, 9.17) is 0 Å². The Morgan fingerprint density at radius 2 is 1.88 bits per heavy atom. The van der Waals surface area contributed by atoms with Gasteiger partial charge in [0, 0.05) is 17.9 Å². The summed E-state index contributed by atoms with van der Waals surface area (Å²) in [5.74, 6) is -0.346. The Kier molecular flexibility index (Phi) is 5.60. The van der Waals surface area contributed by atoms with Gasteiger partial charge in [-0.3, -0.25) is 9.88 Å². The third kappa shape index (κ3) is 5.26. The molecule has 2 amide bonds. The van der Waals surface area contributed by atoms with Crippen molar-refractivity contribution in [3.05, 3.63) is 53.6 Å². The topological polar surface area (TPSA) is 57.3 Å². The smallest absolute Gasteiger partial charge is 0.308 e. The molecule has 0 unspecified atom stereocenters. The van der Waals surface area contributed by atoms with Crippen molar-refractivity contribution in [3.8, 4) is 0 Å². The van der Waals surface area contributed by atoms with Gasteiger partial charge in [0.2, 0.25) is 0 Å². The molecule has 1 aliphatic rings. The van der Waals surface area contributed by atoms with E-state index in [1.54, 1.807) is 12.3 Å². The number of hydrogen-bond donors (Lipinski definition) is 2. The number of carbonyl (C=O) groups is 1. The quantitative estimate of drug-likeness (QED) is 0.877. The molecule has 0 spiro atoms. The van der Waals surface area contributed by atoms with Crippen LogP contribution in [-0.4, -0.2) is 29.0 Å². The second-order valence-electron chi connectivity index (χ2n) is 6.45. The number of anilines is 2. The Bertz CT molecular complexity index is 727. The van der Waals surface area contributed by atoms with Crippen LogP contribution in [0.2, 0.25) is 0 Å². The zero-order valence-corrected chi connectivity index (χ0v) is 14.4. The molecule has 1 saturated heterocycles. The fourth-order valence-corrected chi connectivity index (χ4v) is 3.02. The first kappa shape index (κ1) is 17.4. The maximum absolute atomic E-state index is 13.9. The second kappa shape index (κ2) is 8.07. The third-order valence-electron chi connectivity index (χ3n) is 4.24. The molecule has 2 heterocycles. The summed E-state index contributed by atoms with van der Waals surface area (Å²) in [6.07, 6.45) is 5.23. The van der Waals surface area contributed by atoms with Crippen LogP contribution in [0.25, 0.3) is 0 Å². The summed E-state index contributed by atoms with van der Waals surface area (Å²) in [6.45, 7) is 4.66. The van der Waals surface area contributed by atoms with Gasteiger partial charge in [0.25, 0.3) is 0 Å². The molecular formula is C19H23FN4O. The number of benzene rings is 1. The number of aromatic nitrogens is 1. The van der Waals surface area contributed by atoms with E-state index in [1.165, 1.54) is 31.4 Å². The van der Waals surface area contributed by atoms with Gasteiger partial charge in [-0.25, -0.2) is 9.18 Å². The predicted octanol–water partition coefficient (Wildman–Crippen LogP) is 4.16. The molecule has 1 aliphatic heterocycles. The zero-order chi connectivity index (χ0) is 17.6. The number of piperidine rings is 1. The fraction of sp³-hybridized carbons (Fsp3) is 0.368. The van der Waals surface area contributed by atoms with E-state index < -0.39 is 6.03 Å². The van der Waals surface area contributed by atoms with Crippen molar-refractivity contribution in [2.24, 2.45) is 0 Å². The van der Waals surface area contributed by atoms with E-state index in [-0.39, 0.29) is 5.82 Å². The molecule has 0 atom stereocenters. The predicted molar refractivity (Wildman–Crippen MR) is 97.1 cm³/mol. The van der Waals surface area contributed by atoms with E-state index >= 15 is 0 Å². The molecule has 0 radical (unpaired) electrons. The number of likely N-dealkylation sites (tertiary alicyclic amines) is 1. The Balaban J connectivity index is 1.62. The van der Waals surface area contributed by atoms with Gasteiger partial charge in [-0.15, -0.1) is 0 Å². The largest absolute Gasteiger partial charge is 0.323 e. The lowest BCUT2D eigenvalue weighted by molar-refractivity contribution is 0.220. The number of halogens is 1. The Morgan fingerprint density at radius 1 is 1.12 bits per heavy atom. The normalized spacial score (nSPS) is 15.0. The Hall–Kier alpha value is -2.47. The van der Waals surface area contributed by atoms with Crippen molar-refractivity contribution in [1.82, 2.24) is 9.88 Å². The van der Waals surface area contributed by atoms with Gasteiger partial charge in [-0.05, 0) is 68.8 Å². The number of hydrogen-bond acceptors (Lipinski definition) is 3. The molecule has 132 valence electrons. The van der Waals surface area contributed by atoms with Crippen molar-refractivity contribution >= 4 is 17.4 Å². The zero-order valence-electron chi connectivity index (χ0n) is 14.4. The van der Waals surface area contributed by atoms with Gasteiger partial charge in [0.15, 0.2) is 0 Å². The summed E-state index contributed by atoms with van der Waals surface area (Å²) < 4.78 is 13.9. The van der Waals surface area contributed by atoms with E-state index in [1.807, 2.05) is 19.1 Å². The third-order valence-corrected chi connectivity index (χ3v) is 4.24. The minimum absolute atomic E-state index is 0.346. The number of carbonyl (C=O) groups excluding carboxylic acids is 1. The lowest BCUT2D eigenvalue weighted by atomic mass is 10.1. The molecule has 0 saturated carbocycles. The summed E-state index contributed by atoms with van der Waals surface area (Å²) in [4.78, 5) is 18.5. The fourth-order valence-electron chi connectivity index (χ4n) is 3.02. The highest BCUT2D eigenvalue weighted by Gasteiger charge is 2.12. The highest BCUT2D eigenvalue weighted by Crippen LogP contribution is 2.18. The standard InChI is InChI=1S/C19H23FN4O/c1-14-5-6-17(12-21-14)22-19(25)23-18-10-15(9-16(20)11-18)13-24-7-3-2-4-8-24/h5-6,9-12H,2-4,7-8,13H2,1H3,(H2,22,23,25). The second-order valence-corrected chi connectivity index (χ2v) is 6.45. The molecule has 1 fully saturated rings. The highest BCUT2D eigenvalue weighted by molar-refractivity contribution is 5.99. The summed E-state index contributed by atoms with van der Waals surface area (Å²) in [6, 6.07) is 7.85. The lowest BCUT2D eigenvalue weighted by Gasteiger charge is -2.26. The monoisotopic (exact) mass is 342 g/mol. The molecule has 2 aromatic rings. The van der Waals surface area contributed by atoms with Crippen LogP contribution in [0.5, 0.6) is 0 Å². The SMILES string of the molecule is Cc1ccc(NC(=O)Nc2cc(F)cc(CN3CCCCC3)c2)cn1. The van der Waals surface area contributed by atoms with Crippen molar-refractivity contribution in [2.45, 2.75) is 32.7 Å². The maximum Gasteiger partial charge on any atom is 0.323 e. The van der Waals surface area contributed by atoms with Gasteiger partial charge in [0.05, 0.1) is 11.9 Å². The minimum atomic E-state index is -0.417. The molecule has 1 aromatic heterocycles. The average Bonchev–Trinajstić information content (AvgIpc) is 2.57. The number of nitrogens with zero attached hydrogens (tertiary/aromatic N) is 2. The summed E-state index contributed by atoms with van der Waals surface area (Å²) in [7, 11) is 0. The van der Waals surface area contributed by atoms with Gasteiger partial charge in [-0.1, -0.05) is 6.42 Å². The molecule has 2 N–H and O–H groups in total. The molecule has 0 bridgehead atoms. The number of nitrogens with one attached hydrogen (secondary N) is 2. The van der Waals surface area contributed by atoms with Crippen LogP contribution in [0.15, 0.2) is 36.5 Å². The maximum atomic E-state index is 13.9. The summed E-state index contributed by atoms with van der Waals surface area (Å²) in [5.41, 5.74) is 2.78. The molecule has 0 aliphatic carbocycles. The van der Waals surface area contributed by atoms with Crippen molar-refractivity contribution in [1.29, 1.82) is 0 Å². The Labute approximate surface area is 147 Å². The molecule has 5 nitrogen and oxygen atoms in total. The highest BCUT2D eigenvalue weighted by atomic mass is 19.1. The van der Waals surface area contributed by atoms with E-state index in [9.17, 15) is 9.18 Å². The van der Waals surface area contributed by atoms with Crippen molar-refractivity contribution in [2.75, 3.05) is 23.7 Å². The molecule has 3 rings (SSSR count). The molecule has 6 heteroatoms. The van der Waals surface area contributed by atoms with Crippen LogP contribution in [0, 0.1) is 12.7 Å². The van der Waals surface area contributed by atoms with Crippen LogP contribution in [0.3, 0.4) is 0 Å². The van der Waals surface area contributed by atoms with Crippen LogP contribution in [0.1, 0.15) is 30.5 Å². The van der Waals surface area contributed by atoms with Crippen LogP contribution in [-0.2, 0) is 6.54 Å². The Morgan fingerprint density at radius 3 is 2.60 bits per heavy atom. The van der Waals surface area contributed by atoms with E-state index in [2.05, 4.69) is 20.5 Å². The number of amides is 2. The van der Waals surface area contributed by atoms with Gasteiger partial charge in [-0.2, -0.15) is 0 Å². The molecule has 25 heavy (non-hydrogen) atoms. The van der Waals surface area contributed by atoms with Crippen LogP contribution >= 0.6 is 0 Å². The first-order chi connectivity index (χ1) is 12.1. The van der Waals surface area contributed by atoms with E-state index in [0.717, 1.165) is 24.3 Å². The first-order valence-electron chi connectivity index (χ1n) is 8.61. The summed E-state index contributed by atoms with van der Waals surface area (Å²) >= 11 is 0. The van der Waals surface area contributed by atoms with Gasteiger partial charge < -0.3 is 10.6 Å². The number of rotatable bonds is 4. The summed E-state index contributed by atoms with van der Waals surface area (Å²) in [5, 5.41) is 5.38. The van der Waals surface area contributed by atoms with Crippen LogP contribution < -0.4 is 10.6 Å². The lowest BCUT2D eigenvalue weighted by Crippen LogP contribution is -2.29. The molecule has 1 aromatic carbocycles.